The standard InChI is InChI=1S/C24H17Cl2N3O5/c1-34-19-10-7-14(25)11-18(19)29-23(32)20(26)21(24(29)33)27-15-8-5-13(6-9-15)22(31)28-16-3-2-4-17(30)12-16/h2-12,27,30H,1H3,(H,28,31). The second-order valence-electron chi connectivity index (χ2n) is 7.16. The normalized spacial score (nSPS) is 13.3. The Morgan fingerprint density at radius 1 is 0.941 bits per heavy atom. The second-order valence-corrected chi connectivity index (χ2v) is 7.97. The van der Waals surface area contributed by atoms with E-state index in [0.717, 1.165) is 4.90 Å². The number of nitrogens with one attached hydrogen (secondary N) is 2. The van der Waals surface area contributed by atoms with Crippen molar-refractivity contribution < 1.29 is 24.2 Å². The number of carbonyl (C=O) groups excluding carboxylic acids is 3. The van der Waals surface area contributed by atoms with Gasteiger partial charge in [0.1, 0.15) is 22.2 Å². The first-order chi connectivity index (χ1) is 16.3. The zero-order chi connectivity index (χ0) is 24.4. The van der Waals surface area contributed by atoms with Gasteiger partial charge in [-0.25, -0.2) is 4.90 Å². The summed E-state index contributed by atoms with van der Waals surface area (Å²) in [5.41, 5.74) is 1.26. The van der Waals surface area contributed by atoms with E-state index in [1.54, 1.807) is 30.3 Å². The summed E-state index contributed by atoms with van der Waals surface area (Å²) in [5, 5.41) is 15.1. The van der Waals surface area contributed by atoms with Crippen LogP contribution in [0, 0.1) is 0 Å². The number of carbonyl (C=O) groups is 3. The minimum atomic E-state index is -0.725. The van der Waals surface area contributed by atoms with E-state index in [0.29, 0.717) is 22.0 Å². The minimum Gasteiger partial charge on any atom is -0.508 e. The molecule has 3 aromatic carbocycles. The van der Waals surface area contributed by atoms with Gasteiger partial charge in [0.2, 0.25) is 0 Å². The number of ether oxygens (including phenoxy) is 1. The number of rotatable bonds is 6. The molecule has 34 heavy (non-hydrogen) atoms. The van der Waals surface area contributed by atoms with Crippen molar-refractivity contribution in [3.05, 3.63) is 88.0 Å². The van der Waals surface area contributed by atoms with Crippen molar-refractivity contribution in [1.82, 2.24) is 0 Å². The molecule has 1 aliphatic rings. The molecule has 3 aromatic rings. The van der Waals surface area contributed by atoms with Gasteiger partial charge >= 0.3 is 0 Å². The lowest BCUT2D eigenvalue weighted by atomic mass is 10.2. The van der Waals surface area contributed by atoms with E-state index in [-0.39, 0.29) is 33.8 Å². The molecule has 1 heterocycles. The number of phenolic OH excluding ortho intramolecular Hbond substituents is 1. The molecule has 4 rings (SSSR count). The first-order valence-electron chi connectivity index (χ1n) is 9.88. The molecule has 10 heteroatoms. The number of aromatic hydroxyl groups is 1. The third-order valence-electron chi connectivity index (χ3n) is 4.93. The molecule has 0 unspecified atom stereocenters. The van der Waals surface area contributed by atoms with Gasteiger partial charge in [0, 0.05) is 28.0 Å². The van der Waals surface area contributed by atoms with Crippen LogP contribution in [0.3, 0.4) is 0 Å². The van der Waals surface area contributed by atoms with Crippen molar-refractivity contribution in [2.24, 2.45) is 0 Å². The van der Waals surface area contributed by atoms with Crippen LogP contribution in [0.2, 0.25) is 5.02 Å². The lowest BCUT2D eigenvalue weighted by Gasteiger charge is -2.18. The summed E-state index contributed by atoms with van der Waals surface area (Å²) >= 11 is 12.2. The van der Waals surface area contributed by atoms with Crippen LogP contribution in [0.5, 0.6) is 11.5 Å². The molecule has 0 aliphatic carbocycles. The fourth-order valence-electron chi connectivity index (χ4n) is 3.30. The third kappa shape index (κ3) is 4.54. The number of halogens is 2. The van der Waals surface area contributed by atoms with Gasteiger partial charge in [-0.05, 0) is 54.6 Å². The second kappa shape index (κ2) is 9.46. The average Bonchev–Trinajstić information content (AvgIpc) is 3.02. The highest BCUT2D eigenvalue weighted by Crippen LogP contribution is 2.37. The molecule has 0 aromatic heterocycles. The first-order valence-corrected chi connectivity index (χ1v) is 10.6. The number of amides is 3. The Morgan fingerprint density at radius 3 is 2.35 bits per heavy atom. The lowest BCUT2D eigenvalue weighted by Crippen LogP contribution is -2.32. The largest absolute Gasteiger partial charge is 0.508 e. The topological polar surface area (TPSA) is 108 Å². The number of benzene rings is 3. The van der Waals surface area contributed by atoms with Crippen molar-refractivity contribution in [2.45, 2.75) is 0 Å². The fourth-order valence-corrected chi connectivity index (χ4v) is 3.68. The van der Waals surface area contributed by atoms with Gasteiger partial charge in [0.25, 0.3) is 17.7 Å². The Morgan fingerprint density at radius 2 is 1.68 bits per heavy atom. The molecule has 172 valence electrons. The number of hydrogen-bond acceptors (Lipinski definition) is 6. The summed E-state index contributed by atoms with van der Waals surface area (Å²) in [6, 6.07) is 16.9. The van der Waals surface area contributed by atoms with Gasteiger partial charge in [-0.15, -0.1) is 0 Å². The number of nitrogens with zero attached hydrogens (tertiary/aromatic N) is 1. The zero-order valence-electron chi connectivity index (χ0n) is 17.6. The third-order valence-corrected chi connectivity index (χ3v) is 5.52. The van der Waals surface area contributed by atoms with E-state index in [1.807, 2.05) is 0 Å². The van der Waals surface area contributed by atoms with Crippen LogP contribution < -0.4 is 20.3 Å². The maximum Gasteiger partial charge on any atom is 0.283 e. The Labute approximate surface area is 204 Å². The van der Waals surface area contributed by atoms with E-state index in [1.165, 1.54) is 43.5 Å². The summed E-state index contributed by atoms with van der Waals surface area (Å²) < 4.78 is 5.24. The van der Waals surface area contributed by atoms with Gasteiger partial charge in [-0.3, -0.25) is 14.4 Å². The van der Waals surface area contributed by atoms with Gasteiger partial charge in [-0.2, -0.15) is 0 Å². The van der Waals surface area contributed by atoms with E-state index in [4.69, 9.17) is 27.9 Å². The van der Waals surface area contributed by atoms with Crippen LogP contribution >= 0.6 is 23.2 Å². The molecule has 3 N–H and O–H groups in total. The molecule has 0 spiro atoms. The Bertz CT molecular complexity index is 1340. The molecule has 0 saturated heterocycles. The predicted octanol–water partition coefficient (Wildman–Crippen LogP) is 4.74. The molecule has 0 saturated carbocycles. The fraction of sp³-hybridized carbons (Fsp3) is 0.0417. The summed E-state index contributed by atoms with van der Waals surface area (Å²) in [7, 11) is 1.41. The SMILES string of the molecule is COc1ccc(Cl)cc1N1C(=O)C(Cl)=C(Nc2ccc(C(=O)Nc3cccc(O)c3)cc2)C1=O. The maximum atomic E-state index is 13.0. The summed E-state index contributed by atoms with van der Waals surface area (Å²) in [4.78, 5) is 39.1. The molecular formula is C24H17Cl2N3O5. The van der Waals surface area contributed by atoms with Crippen molar-refractivity contribution in [3.8, 4) is 11.5 Å². The highest BCUT2D eigenvalue weighted by molar-refractivity contribution is 6.53. The molecular weight excluding hydrogens is 481 g/mol. The minimum absolute atomic E-state index is 0.0303. The van der Waals surface area contributed by atoms with Gasteiger partial charge in [-0.1, -0.05) is 29.3 Å². The molecule has 0 atom stereocenters. The van der Waals surface area contributed by atoms with Crippen molar-refractivity contribution in [3.63, 3.8) is 0 Å². The summed E-state index contributed by atoms with van der Waals surface area (Å²) in [6.45, 7) is 0. The molecule has 0 bridgehead atoms. The average molecular weight is 498 g/mol. The predicted molar refractivity (Wildman–Crippen MR) is 130 cm³/mol. The molecule has 1 aliphatic heterocycles. The zero-order valence-corrected chi connectivity index (χ0v) is 19.1. The molecule has 0 fully saturated rings. The first kappa shape index (κ1) is 23.2. The van der Waals surface area contributed by atoms with Crippen LogP contribution in [-0.2, 0) is 9.59 Å². The van der Waals surface area contributed by atoms with Crippen LogP contribution in [0.1, 0.15) is 10.4 Å². The van der Waals surface area contributed by atoms with E-state index < -0.39 is 11.8 Å². The molecule has 0 radical (unpaired) electrons. The highest BCUT2D eigenvalue weighted by Gasteiger charge is 2.40. The van der Waals surface area contributed by atoms with Gasteiger partial charge < -0.3 is 20.5 Å². The quantitative estimate of drug-likeness (QED) is 0.424. The Balaban J connectivity index is 1.51. The highest BCUT2D eigenvalue weighted by atomic mass is 35.5. The number of phenols is 1. The smallest absolute Gasteiger partial charge is 0.283 e. The number of methoxy groups -OCH3 is 1. The summed E-state index contributed by atoms with van der Waals surface area (Å²) in [5.74, 6) is -1.49. The van der Waals surface area contributed by atoms with Crippen LogP contribution in [0.4, 0.5) is 17.1 Å². The van der Waals surface area contributed by atoms with E-state index in [9.17, 15) is 19.5 Å². The van der Waals surface area contributed by atoms with Gasteiger partial charge in [0.15, 0.2) is 0 Å². The monoisotopic (exact) mass is 497 g/mol. The van der Waals surface area contributed by atoms with Crippen LogP contribution in [0.25, 0.3) is 0 Å². The Kier molecular flexibility index (Phi) is 6.45. The number of hydrogen-bond donors (Lipinski definition) is 3. The van der Waals surface area contributed by atoms with Crippen LogP contribution in [-0.4, -0.2) is 29.9 Å². The van der Waals surface area contributed by atoms with Crippen molar-refractivity contribution in [1.29, 1.82) is 0 Å². The van der Waals surface area contributed by atoms with E-state index in [2.05, 4.69) is 10.6 Å². The van der Waals surface area contributed by atoms with Crippen molar-refractivity contribution in [2.75, 3.05) is 22.6 Å². The van der Waals surface area contributed by atoms with Crippen molar-refractivity contribution >= 4 is 58.0 Å². The molecule has 3 amide bonds. The van der Waals surface area contributed by atoms with Crippen LogP contribution in [0.15, 0.2) is 77.5 Å². The maximum absolute atomic E-state index is 13.0. The van der Waals surface area contributed by atoms with E-state index >= 15 is 0 Å². The lowest BCUT2D eigenvalue weighted by molar-refractivity contribution is -0.120. The number of imide groups is 1. The van der Waals surface area contributed by atoms with Gasteiger partial charge in [0.05, 0.1) is 12.8 Å². The number of anilines is 3. The summed E-state index contributed by atoms with van der Waals surface area (Å²) in [6.07, 6.45) is 0. The Hall–Kier alpha value is -4.01. The molecule has 8 nitrogen and oxygen atoms in total.